The van der Waals surface area contributed by atoms with Crippen LogP contribution < -0.4 is 11.2 Å². The highest BCUT2D eigenvalue weighted by atomic mass is 35.5. The Hall–Kier alpha value is -2.75. The van der Waals surface area contributed by atoms with Crippen molar-refractivity contribution >= 4 is 17.5 Å². The van der Waals surface area contributed by atoms with Gasteiger partial charge in [-0.25, -0.2) is 9.36 Å². The number of hydrogen-bond donors (Lipinski definition) is 0. The van der Waals surface area contributed by atoms with E-state index in [1.807, 2.05) is 0 Å². The SMILES string of the molecule is Cn1c(C(F)(F)F)cc(=O)n(-c2ccc(Cl)c(C3=NOCCO3)c2)c1=O. The second kappa shape index (κ2) is 6.52. The van der Waals surface area contributed by atoms with Crippen LogP contribution in [-0.4, -0.2) is 28.2 Å². The fraction of sp³-hybridized carbons (Fsp3) is 0.267. The molecule has 0 atom stereocenters. The molecular weight excluding hydrogens is 379 g/mol. The fourth-order valence-electron chi connectivity index (χ4n) is 2.38. The first-order valence-electron chi connectivity index (χ1n) is 7.23. The van der Waals surface area contributed by atoms with Crippen LogP contribution in [0.3, 0.4) is 0 Å². The van der Waals surface area contributed by atoms with Gasteiger partial charge in [-0.2, -0.15) is 13.2 Å². The van der Waals surface area contributed by atoms with Gasteiger partial charge in [0.1, 0.15) is 12.3 Å². The monoisotopic (exact) mass is 389 g/mol. The number of rotatable bonds is 2. The first kappa shape index (κ1) is 18.1. The minimum Gasteiger partial charge on any atom is -0.471 e. The van der Waals surface area contributed by atoms with E-state index in [1.54, 1.807) is 0 Å². The van der Waals surface area contributed by atoms with Gasteiger partial charge in [0.25, 0.3) is 11.5 Å². The lowest BCUT2D eigenvalue weighted by Crippen LogP contribution is -2.40. The summed E-state index contributed by atoms with van der Waals surface area (Å²) in [6.45, 7) is 0.473. The topological polar surface area (TPSA) is 74.8 Å². The van der Waals surface area contributed by atoms with E-state index in [1.165, 1.54) is 18.2 Å². The summed E-state index contributed by atoms with van der Waals surface area (Å²) in [7, 11) is 0.931. The van der Waals surface area contributed by atoms with Gasteiger partial charge in [-0.1, -0.05) is 11.6 Å². The first-order valence-corrected chi connectivity index (χ1v) is 7.61. The molecule has 1 aliphatic heterocycles. The average molecular weight is 390 g/mol. The van der Waals surface area contributed by atoms with Crippen LogP contribution >= 0.6 is 11.6 Å². The fourth-order valence-corrected chi connectivity index (χ4v) is 2.58. The van der Waals surface area contributed by atoms with Crippen LogP contribution in [0, 0.1) is 0 Å². The summed E-state index contributed by atoms with van der Waals surface area (Å²) in [5.74, 6) is 0.0416. The molecule has 0 saturated carbocycles. The van der Waals surface area contributed by atoms with E-state index < -0.39 is 23.1 Å². The second-order valence-electron chi connectivity index (χ2n) is 5.28. The summed E-state index contributed by atoms with van der Waals surface area (Å²) < 4.78 is 45.0. The van der Waals surface area contributed by atoms with Gasteiger partial charge in [-0.05, 0) is 23.4 Å². The van der Waals surface area contributed by atoms with Crippen molar-refractivity contribution in [1.29, 1.82) is 0 Å². The summed E-state index contributed by atoms with van der Waals surface area (Å²) in [5, 5.41) is 3.90. The predicted molar refractivity (Wildman–Crippen MR) is 85.7 cm³/mol. The van der Waals surface area contributed by atoms with Gasteiger partial charge in [0, 0.05) is 13.1 Å². The molecule has 26 heavy (non-hydrogen) atoms. The molecule has 1 aliphatic rings. The number of benzene rings is 1. The third kappa shape index (κ3) is 3.19. The molecule has 7 nitrogen and oxygen atoms in total. The molecule has 1 aromatic carbocycles. The molecule has 0 amide bonds. The molecule has 11 heteroatoms. The van der Waals surface area contributed by atoms with Crippen molar-refractivity contribution in [2.45, 2.75) is 6.18 Å². The Labute approximate surface area is 148 Å². The normalized spacial score (nSPS) is 14.4. The van der Waals surface area contributed by atoms with Crippen LogP contribution in [0.5, 0.6) is 0 Å². The number of ether oxygens (including phenoxy) is 1. The molecule has 2 aromatic rings. The maximum atomic E-state index is 12.9. The first-order chi connectivity index (χ1) is 12.2. The van der Waals surface area contributed by atoms with Gasteiger partial charge < -0.3 is 9.57 Å². The van der Waals surface area contributed by atoms with Gasteiger partial charge in [-0.15, -0.1) is 0 Å². The Bertz CT molecular complexity index is 1010. The Morgan fingerprint density at radius 2 is 1.92 bits per heavy atom. The average Bonchev–Trinajstić information content (AvgIpc) is 2.59. The van der Waals surface area contributed by atoms with Crippen molar-refractivity contribution in [1.82, 2.24) is 9.13 Å². The van der Waals surface area contributed by atoms with E-state index in [0.717, 1.165) is 7.05 Å². The van der Waals surface area contributed by atoms with Crippen molar-refractivity contribution < 1.29 is 22.7 Å². The number of hydrogen-bond acceptors (Lipinski definition) is 5. The third-order valence-corrected chi connectivity index (χ3v) is 3.94. The minimum absolute atomic E-state index is 0.0144. The van der Waals surface area contributed by atoms with Crippen molar-refractivity contribution in [3.8, 4) is 5.69 Å². The number of oxime groups is 1. The summed E-state index contributed by atoms with van der Waals surface area (Å²) >= 11 is 6.08. The number of halogens is 4. The number of aromatic nitrogens is 2. The molecule has 138 valence electrons. The van der Waals surface area contributed by atoms with Gasteiger partial charge in [0.05, 0.1) is 16.3 Å². The van der Waals surface area contributed by atoms with Gasteiger partial charge in [0.15, 0.2) is 6.61 Å². The molecule has 0 unspecified atom stereocenters. The molecule has 0 N–H and O–H groups in total. The third-order valence-electron chi connectivity index (χ3n) is 3.61. The van der Waals surface area contributed by atoms with Crippen LogP contribution in [-0.2, 0) is 22.8 Å². The summed E-state index contributed by atoms with van der Waals surface area (Å²) in [6, 6.07) is 4.36. The van der Waals surface area contributed by atoms with Crippen LogP contribution in [0.2, 0.25) is 5.02 Å². The van der Waals surface area contributed by atoms with E-state index in [9.17, 15) is 22.8 Å². The molecule has 0 bridgehead atoms. The number of alkyl halides is 3. The van der Waals surface area contributed by atoms with E-state index >= 15 is 0 Å². The van der Waals surface area contributed by atoms with Crippen LogP contribution in [0.15, 0.2) is 39.0 Å². The summed E-state index contributed by atoms with van der Waals surface area (Å²) in [4.78, 5) is 29.4. The molecule has 0 aliphatic carbocycles. The highest BCUT2D eigenvalue weighted by Crippen LogP contribution is 2.27. The van der Waals surface area contributed by atoms with E-state index in [-0.39, 0.29) is 35.4 Å². The smallest absolute Gasteiger partial charge is 0.431 e. The molecule has 0 spiro atoms. The zero-order valence-corrected chi connectivity index (χ0v) is 14.0. The molecule has 0 fully saturated rings. The standard InChI is InChI=1S/C15H11ClF3N3O4/c1-21-11(15(17,18)19)7-12(23)22(14(21)24)8-2-3-10(16)9(6-8)13-20-26-5-4-25-13/h2-3,6-7H,4-5H2,1H3. The van der Waals surface area contributed by atoms with Gasteiger partial charge >= 0.3 is 11.9 Å². The Kier molecular flexibility index (Phi) is 4.53. The zero-order valence-electron chi connectivity index (χ0n) is 13.2. The minimum atomic E-state index is -4.83. The van der Waals surface area contributed by atoms with Crippen molar-refractivity contribution in [2.24, 2.45) is 12.2 Å². The Balaban J connectivity index is 2.19. The summed E-state index contributed by atoms with van der Waals surface area (Å²) in [6.07, 6.45) is -4.83. The summed E-state index contributed by atoms with van der Waals surface area (Å²) in [5.41, 5.74) is -3.37. The largest absolute Gasteiger partial charge is 0.471 e. The van der Waals surface area contributed by atoms with E-state index in [2.05, 4.69) is 5.16 Å². The molecule has 0 saturated heterocycles. The molecule has 3 rings (SSSR count). The van der Waals surface area contributed by atoms with Crippen LogP contribution in [0.1, 0.15) is 11.3 Å². The molecule has 0 radical (unpaired) electrons. The van der Waals surface area contributed by atoms with E-state index in [4.69, 9.17) is 21.2 Å². The van der Waals surface area contributed by atoms with Crippen molar-refractivity contribution in [2.75, 3.05) is 13.2 Å². The van der Waals surface area contributed by atoms with Gasteiger partial charge in [-0.3, -0.25) is 9.36 Å². The molecule has 2 heterocycles. The number of nitrogens with zero attached hydrogens (tertiary/aromatic N) is 3. The molecule has 1 aromatic heterocycles. The van der Waals surface area contributed by atoms with Crippen LogP contribution in [0.25, 0.3) is 5.69 Å². The van der Waals surface area contributed by atoms with Crippen molar-refractivity contribution in [3.05, 3.63) is 61.4 Å². The quantitative estimate of drug-likeness (QED) is 0.786. The lowest BCUT2D eigenvalue weighted by molar-refractivity contribution is -0.144. The van der Waals surface area contributed by atoms with Gasteiger partial charge in [0.2, 0.25) is 0 Å². The second-order valence-corrected chi connectivity index (χ2v) is 5.69. The maximum absolute atomic E-state index is 12.9. The molecular formula is C15H11ClF3N3O4. The Morgan fingerprint density at radius 3 is 2.54 bits per heavy atom. The predicted octanol–water partition coefficient (Wildman–Crippen LogP) is 1.92. The van der Waals surface area contributed by atoms with Crippen LogP contribution in [0.4, 0.5) is 13.2 Å². The lowest BCUT2D eigenvalue weighted by atomic mass is 10.2. The lowest BCUT2D eigenvalue weighted by Gasteiger charge is -2.16. The van der Waals surface area contributed by atoms with E-state index in [0.29, 0.717) is 15.2 Å². The Morgan fingerprint density at radius 1 is 1.19 bits per heavy atom. The highest BCUT2D eigenvalue weighted by Gasteiger charge is 2.35. The highest BCUT2D eigenvalue weighted by molar-refractivity contribution is 6.33. The maximum Gasteiger partial charge on any atom is 0.431 e. The van der Waals surface area contributed by atoms with Crippen molar-refractivity contribution in [3.63, 3.8) is 0 Å². The zero-order chi connectivity index (χ0) is 19.1.